The minimum Gasteiger partial charge on any atom is -0.467 e. The molecule has 0 unspecified atom stereocenters. The van der Waals surface area contributed by atoms with Crippen molar-refractivity contribution in [1.29, 1.82) is 0 Å². The number of hydrogen-bond acceptors (Lipinski definition) is 4. The molecule has 0 bridgehead atoms. The lowest BCUT2D eigenvalue weighted by atomic mass is 10.1. The summed E-state index contributed by atoms with van der Waals surface area (Å²) >= 11 is 6.58. The van der Waals surface area contributed by atoms with Crippen LogP contribution in [0.25, 0.3) is 0 Å². The molecule has 0 aliphatic carbocycles. The highest BCUT2D eigenvalue weighted by Gasteiger charge is 2.21. The van der Waals surface area contributed by atoms with Crippen LogP contribution >= 0.6 is 24.0 Å². The molecule has 0 fully saturated rings. The predicted molar refractivity (Wildman–Crippen MR) is 58.9 cm³/mol. The van der Waals surface area contributed by atoms with E-state index in [4.69, 9.17) is 16.6 Å². The predicted octanol–water partition coefficient (Wildman–Crippen LogP) is 2.64. The lowest BCUT2D eigenvalue weighted by molar-refractivity contribution is 0.123. The van der Waals surface area contributed by atoms with Crippen molar-refractivity contribution in [3.05, 3.63) is 24.2 Å². The van der Waals surface area contributed by atoms with Crippen molar-refractivity contribution in [2.75, 3.05) is 6.26 Å². The number of thiocarbonyl (C=S) groups is 1. The summed E-state index contributed by atoms with van der Waals surface area (Å²) < 4.78 is 5.89. The molecular formula is C9H12O2S2. The fraction of sp³-hybridized carbons (Fsp3) is 0.444. The highest BCUT2D eigenvalue weighted by atomic mass is 32.2. The van der Waals surface area contributed by atoms with Gasteiger partial charge in [-0.25, -0.2) is 0 Å². The molecule has 13 heavy (non-hydrogen) atoms. The minimum absolute atomic E-state index is 0.0591. The molecule has 0 saturated heterocycles. The number of furan rings is 1. The zero-order valence-electron chi connectivity index (χ0n) is 7.56. The zero-order chi connectivity index (χ0) is 9.84. The molecule has 1 rings (SSSR count). The van der Waals surface area contributed by atoms with Crippen LogP contribution in [0.1, 0.15) is 18.8 Å². The molecule has 1 aromatic rings. The van der Waals surface area contributed by atoms with Gasteiger partial charge in [0.15, 0.2) is 0 Å². The second-order valence-electron chi connectivity index (χ2n) is 2.77. The molecule has 0 amide bonds. The van der Waals surface area contributed by atoms with Crippen molar-refractivity contribution < 1.29 is 9.52 Å². The molecule has 0 aromatic carbocycles. The van der Waals surface area contributed by atoms with Crippen molar-refractivity contribution in [3.8, 4) is 0 Å². The Morgan fingerprint density at radius 1 is 1.69 bits per heavy atom. The molecule has 1 N–H and O–H groups in total. The van der Waals surface area contributed by atoms with Crippen LogP contribution < -0.4 is 0 Å². The van der Waals surface area contributed by atoms with E-state index in [1.807, 2.05) is 13.2 Å². The molecular weight excluding hydrogens is 204 g/mol. The smallest absolute Gasteiger partial charge is 0.132 e. The van der Waals surface area contributed by atoms with E-state index in [1.54, 1.807) is 18.4 Å². The topological polar surface area (TPSA) is 33.4 Å². The molecule has 4 heteroatoms. The van der Waals surface area contributed by atoms with E-state index >= 15 is 0 Å². The average Bonchev–Trinajstić information content (AvgIpc) is 2.67. The summed E-state index contributed by atoms with van der Waals surface area (Å²) in [7, 11) is 0. The van der Waals surface area contributed by atoms with Gasteiger partial charge < -0.3 is 9.52 Å². The summed E-state index contributed by atoms with van der Waals surface area (Å²) in [6.45, 7) is 1.89. The van der Waals surface area contributed by atoms with Gasteiger partial charge in [-0.1, -0.05) is 19.1 Å². The van der Waals surface area contributed by atoms with Crippen LogP contribution in [-0.4, -0.2) is 15.6 Å². The highest BCUT2D eigenvalue weighted by molar-refractivity contribution is 8.22. The number of aliphatic hydroxyl groups excluding tert-OH is 1. The quantitative estimate of drug-likeness (QED) is 0.787. The molecule has 0 spiro atoms. The molecule has 2 nitrogen and oxygen atoms in total. The zero-order valence-corrected chi connectivity index (χ0v) is 9.19. The van der Waals surface area contributed by atoms with Crippen molar-refractivity contribution in [1.82, 2.24) is 0 Å². The highest BCUT2D eigenvalue weighted by Crippen LogP contribution is 2.26. The third-order valence-corrected chi connectivity index (χ3v) is 3.53. The average molecular weight is 216 g/mol. The van der Waals surface area contributed by atoms with Crippen molar-refractivity contribution >= 4 is 28.2 Å². The number of hydrogen-bond donors (Lipinski definition) is 1. The van der Waals surface area contributed by atoms with Gasteiger partial charge in [0.25, 0.3) is 0 Å². The first-order valence-electron chi connectivity index (χ1n) is 3.96. The maximum atomic E-state index is 9.78. The van der Waals surface area contributed by atoms with Gasteiger partial charge in [-0.15, -0.1) is 11.8 Å². The van der Waals surface area contributed by atoms with Crippen LogP contribution in [0, 0.1) is 5.92 Å². The van der Waals surface area contributed by atoms with Crippen LogP contribution in [0.2, 0.25) is 0 Å². The third-order valence-electron chi connectivity index (χ3n) is 1.88. The molecule has 72 valence electrons. The Kier molecular flexibility index (Phi) is 3.96. The molecule has 0 aliphatic rings. The van der Waals surface area contributed by atoms with Crippen LogP contribution in [0.15, 0.2) is 22.8 Å². The number of aliphatic hydroxyl groups is 1. The Balaban J connectivity index is 2.68. The van der Waals surface area contributed by atoms with E-state index < -0.39 is 6.10 Å². The molecule has 0 aliphatic heterocycles. The van der Waals surface area contributed by atoms with Crippen LogP contribution in [0.3, 0.4) is 0 Å². The summed E-state index contributed by atoms with van der Waals surface area (Å²) in [5.41, 5.74) is 0. The maximum absolute atomic E-state index is 9.78. The van der Waals surface area contributed by atoms with Crippen molar-refractivity contribution in [2.24, 2.45) is 5.92 Å². The van der Waals surface area contributed by atoms with Gasteiger partial charge in [0.05, 0.1) is 10.5 Å². The second-order valence-corrected chi connectivity index (χ2v) is 4.32. The monoisotopic (exact) mass is 216 g/mol. The van der Waals surface area contributed by atoms with Crippen molar-refractivity contribution in [3.63, 3.8) is 0 Å². The van der Waals surface area contributed by atoms with Gasteiger partial charge in [-0.2, -0.15) is 0 Å². The largest absolute Gasteiger partial charge is 0.467 e. The molecule has 1 aromatic heterocycles. The normalized spacial score (nSPS) is 15.3. The van der Waals surface area contributed by atoms with Crippen LogP contribution in [0.4, 0.5) is 0 Å². The Morgan fingerprint density at radius 2 is 2.38 bits per heavy atom. The first-order chi connectivity index (χ1) is 6.16. The third kappa shape index (κ3) is 2.56. The standard InChI is InChI=1S/C9H12O2S2/c1-6(9(12)13-2)8(10)7-4-3-5-11-7/h3-6,8,10H,1-2H3/t6-,8-/m0/s1. The number of thioether (sulfide) groups is 1. The van der Waals surface area contributed by atoms with Crippen LogP contribution in [0.5, 0.6) is 0 Å². The summed E-state index contributed by atoms with van der Waals surface area (Å²) in [4.78, 5) is 0. The molecule has 0 saturated carbocycles. The van der Waals surface area contributed by atoms with Gasteiger partial charge in [-0.3, -0.25) is 0 Å². The first kappa shape index (κ1) is 10.8. The SMILES string of the molecule is CSC(=S)[C@@H](C)[C@H](O)c1ccco1. The fourth-order valence-corrected chi connectivity index (χ4v) is 1.65. The van der Waals surface area contributed by atoms with Gasteiger partial charge >= 0.3 is 0 Å². The van der Waals surface area contributed by atoms with Gasteiger partial charge in [0.2, 0.25) is 0 Å². The molecule has 0 radical (unpaired) electrons. The summed E-state index contributed by atoms with van der Waals surface area (Å²) in [6, 6.07) is 3.51. The van der Waals surface area contributed by atoms with E-state index in [-0.39, 0.29) is 5.92 Å². The lowest BCUT2D eigenvalue weighted by Gasteiger charge is -2.16. The Bertz CT molecular complexity index is 269. The summed E-state index contributed by atoms with van der Waals surface area (Å²) in [6.07, 6.45) is 2.83. The Labute approximate surface area is 87.3 Å². The minimum atomic E-state index is -0.630. The van der Waals surface area contributed by atoms with Crippen LogP contribution in [-0.2, 0) is 0 Å². The fourth-order valence-electron chi connectivity index (χ4n) is 1.02. The molecule has 1 heterocycles. The summed E-state index contributed by atoms with van der Waals surface area (Å²) in [5.74, 6) is 0.514. The van der Waals surface area contributed by atoms with E-state index in [0.29, 0.717) is 5.76 Å². The van der Waals surface area contributed by atoms with Gasteiger partial charge in [0, 0.05) is 5.92 Å². The van der Waals surface area contributed by atoms with Gasteiger partial charge in [-0.05, 0) is 18.4 Å². The van der Waals surface area contributed by atoms with Crippen molar-refractivity contribution in [2.45, 2.75) is 13.0 Å². The molecule has 2 atom stereocenters. The Morgan fingerprint density at radius 3 is 2.85 bits per heavy atom. The Hall–Kier alpha value is -0.320. The van der Waals surface area contributed by atoms with E-state index in [0.717, 1.165) is 4.20 Å². The second kappa shape index (κ2) is 4.79. The maximum Gasteiger partial charge on any atom is 0.132 e. The van der Waals surface area contributed by atoms with E-state index in [1.165, 1.54) is 11.8 Å². The van der Waals surface area contributed by atoms with E-state index in [9.17, 15) is 5.11 Å². The van der Waals surface area contributed by atoms with E-state index in [2.05, 4.69) is 0 Å². The lowest BCUT2D eigenvalue weighted by Crippen LogP contribution is -2.14. The first-order valence-corrected chi connectivity index (χ1v) is 5.59. The number of rotatable bonds is 3. The van der Waals surface area contributed by atoms with Gasteiger partial charge in [0.1, 0.15) is 11.9 Å². The summed E-state index contributed by atoms with van der Waals surface area (Å²) in [5, 5.41) is 9.78.